The van der Waals surface area contributed by atoms with Crippen molar-refractivity contribution in [2.75, 3.05) is 19.0 Å². The third kappa shape index (κ3) is 3.70. The maximum atomic E-state index is 11.9. The number of anilines is 1. The summed E-state index contributed by atoms with van der Waals surface area (Å²) in [6, 6.07) is 0.0822. The van der Waals surface area contributed by atoms with E-state index >= 15 is 0 Å². The molecule has 1 amide bonds. The largest absolute Gasteiger partial charge is 0.476 e. The molecule has 0 radical (unpaired) electrons. The lowest BCUT2D eigenvalue weighted by atomic mass is 10.2. The third-order valence-corrected chi connectivity index (χ3v) is 3.39. The molecule has 1 aliphatic carbocycles. The van der Waals surface area contributed by atoms with E-state index in [2.05, 4.69) is 10.4 Å². The standard InChI is InChI=1S/C14H19N3O5/c1-8-12(15-11(19)7-10(18)5-6-22-2)13(14(20)21)17(16-8)9-3-4-9/h9H,3-7H2,1-2H3,(H,15,19)(H,20,21). The van der Waals surface area contributed by atoms with Gasteiger partial charge in [0, 0.05) is 13.5 Å². The van der Waals surface area contributed by atoms with Crippen molar-refractivity contribution in [2.45, 2.75) is 38.6 Å². The molecular weight excluding hydrogens is 290 g/mol. The van der Waals surface area contributed by atoms with Crippen molar-refractivity contribution in [3.63, 3.8) is 0 Å². The Hall–Kier alpha value is -2.22. The molecule has 8 nitrogen and oxygen atoms in total. The SMILES string of the molecule is COCCC(=O)CC(=O)Nc1c(C)nn(C2CC2)c1C(=O)O. The molecule has 0 atom stereocenters. The maximum absolute atomic E-state index is 11.9. The summed E-state index contributed by atoms with van der Waals surface area (Å²) in [7, 11) is 1.47. The summed E-state index contributed by atoms with van der Waals surface area (Å²) >= 11 is 0. The summed E-state index contributed by atoms with van der Waals surface area (Å²) in [5.41, 5.74) is 0.573. The highest BCUT2D eigenvalue weighted by atomic mass is 16.5. The second kappa shape index (κ2) is 6.69. The number of hydrogen-bond donors (Lipinski definition) is 2. The fourth-order valence-electron chi connectivity index (χ4n) is 2.15. The summed E-state index contributed by atoms with van der Waals surface area (Å²) in [4.78, 5) is 34.9. The van der Waals surface area contributed by atoms with Crippen molar-refractivity contribution in [2.24, 2.45) is 0 Å². The molecule has 0 spiro atoms. The minimum absolute atomic E-state index is 0.0299. The van der Waals surface area contributed by atoms with Crippen LogP contribution in [0.25, 0.3) is 0 Å². The van der Waals surface area contributed by atoms with Gasteiger partial charge in [-0.05, 0) is 19.8 Å². The van der Waals surface area contributed by atoms with Crippen LogP contribution in [-0.4, -0.2) is 46.3 Å². The van der Waals surface area contributed by atoms with Crippen LogP contribution in [0.5, 0.6) is 0 Å². The number of ether oxygens (including phenoxy) is 1. The first-order chi connectivity index (χ1) is 10.4. The molecule has 1 fully saturated rings. The van der Waals surface area contributed by atoms with Gasteiger partial charge in [-0.3, -0.25) is 14.3 Å². The van der Waals surface area contributed by atoms with Crippen molar-refractivity contribution in [3.05, 3.63) is 11.4 Å². The quantitative estimate of drug-likeness (QED) is 0.697. The molecule has 0 saturated heterocycles. The van der Waals surface area contributed by atoms with Crippen molar-refractivity contribution >= 4 is 23.3 Å². The molecule has 0 bridgehead atoms. The van der Waals surface area contributed by atoms with Crippen LogP contribution in [0.3, 0.4) is 0 Å². The highest BCUT2D eigenvalue weighted by molar-refractivity contribution is 6.07. The van der Waals surface area contributed by atoms with Gasteiger partial charge >= 0.3 is 5.97 Å². The van der Waals surface area contributed by atoms with E-state index in [4.69, 9.17) is 4.74 Å². The van der Waals surface area contributed by atoms with E-state index in [1.165, 1.54) is 11.8 Å². The summed E-state index contributed by atoms with van der Waals surface area (Å²) in [6.07, 6.45) is 1.60. The monoisotopic (exact) mass is 309 g/mol. The Balaban J connectivity index is 2.10. The molecule has 0 aromatic carbocycles. The van der Waals surface area contributed by atoms with Gasteiger partial charge in [0.1, 0.15) is 5.78 Å². The van der Waals surface area contributed by atoms with Crippen LogP contribution >= 0.6 is 0 Å². The third-order valence-electron chi connectivity index (χ3n) is 3.39. The number of methoxy groups -OCH3 is 1. The van der Waals surface area contributed by atoms with Crippen LogP contribution in [0.4, 0.5) is 5.69 Å². The minimum Gasteiger partial charge on any atom is -0.476 e. The molecule has 8 heteroatoms. The van der Waals surface area contributed by atoms with Crippen LogP contribution in [-0.2, 0) is 14.3 Å². The molecule has 0 aliphatic heterocycles. The summed E-state index contributed by atoms with van der Waals surface area (Å²) in [5, 5.41) is 16.0. The molecule has 120 valence electrons. The fraction of sp³-hybridized carbons (Fsp3) is 0.571. The van der Waals surface area contributed by atoms with Crippen LogP contribution < -0.4 is 5.32 Å². The molecule has 22 heavy (non-hydrogen) atoms. The zero-order valence-corrected chi connectivity index (χ0v) is 12.6. The van der Waals surface area contributed by atoms with Crippen LogP contribution in [0.1, 0.15) is 47.9 Å². The zero-order chi connectivity index (χ0) is 16.3. The summed E-state index contributed by atoms with van der Waals surface area (Å²) in [5.74, 6) is -1.95. The zero-order valence-electron chi connectivity index (χ0n) is 12.6. The number of ketones is 1. The fourth-order valence-corrected chi connectivity index (χ4v) is 2.15. The average Bonchev–Trinajstić information content (AvgIpc) is 3.22. The Bertz CT molecular complexity index is 604. The van der Waals surface area contributed by atoms with E-state index in [0.717, 1.165) is 12.8 Å². The molecule has 1 aromatic heterocycles. The van der Waals surface area contributed by atoms with E-state index in [9.17, 15) is 19.5 Å². The highest BCUT2D eigenvalue weighted by Crippen LogP contribution is 2.37. The van der Waals surface area contributed by atoms with Gasteiger partial charge in [-0.15, -0.1) is 0 Å². The van der Waals surface area contributed by atoms with Gasteiger partial charge in [-0.25, -0.2) is 4.79 Å². The Morgan fingerprint density at radius 2 is 2.09 bits per heavy atom. The van der Waals surface area contributed by atoms with E-state index < -0.39 is 11.9 Å². The van der Waals surface area contributed by atoms with E-state index in [-0.39, 0.29) is 42.7 Å². The lowest BCUT2D eigenvalue weighted by Crippen LogP contribution is -2.19. The number of carboxylic acid groups (broad SMARTS) is 1. The topological polar surface area (TPSA) is 111 Å². The number of nitrogens with zero attached hydrogens (tertiary/aromatic N) is 2. The first kappa shape index (κ1) is 16.2. The normalized spacial score (nSPS) is 13.9. The molecule has 1 aromatic rings. The summed E-state index contributed by atoms with van der Waals surface area (Å²) in [6.45, 7) is 1.89. The predicted molar refractivity (Wildman–Crippen MR) is 76.9 cm³/mol. The molecule has 1 heterocycles. The van der Waals surface area contributed by atoms with Gasteiger partial charge in [0.15, 0.2) is 5.69 Å². The van der Waals surface area contributed by atoms with E-state index in [1.807, 2.05) is 0 Å². The number of aromatic nitrogens is 2. The number of carboxylic acids is 1. The predicted octanol–water partition coefficient (Wildman–Crippen LogP) is 1.16. The van der Waals surface area contributed by atoms with E-state index in [1.54, 1.807) is 6.92 Å². The van der Waals surface area contributed by atoms with Gasteiger partial charge in [0.2, 0.25) is 5.91 Å². The number of carbonyl (C=O) groups is 3. The van der Waals surface area contributed by atoms with Crippen molar-refractivity contribution < 1.29 is 24.2 Å². The number of nitrogens with one attached hydrogen (secondary N) is 1. The Kier molecular flexibility index (Phi) is 4.92. The lowest BCUT2D eigenvalue weighted by Gasteiger charge is -2.06. The number of amides is 1. The minimum atomic E-state index is -1.14. The van der Waals surface area contributed by atoms with Gasteiger partial charge in [0.05, 0.1) is 30.5 Å². The van der Waals surface area contributed by atoms with Gasteiger partial charge < -0.3 is 15.2 Å². The smallest absolute Gasteiger partial charge is 0.356 e. The summed E-state index contributed by atoms with van der Waals surface area (Å²) < 4.78 is 6.22. The van der Waals surface area contributed by atoms with Crippen molar-refractivity contribution in [1.29, 1.82) is 0 Å². The van der Waals surface area contributed by atoms with Crippen molar-refractivity contribution in [1.82, 2.24) is 9.78 Å². The number of hydrogen-bond acceptors (Lipinski definition) is 5. The lowest BCUT2D eigenvalue weighted by molar-refractivity contribution is -0.126. The average molecular weight is 309 g/mol. The van der Waals surface area contributed by atoms with Gasteiger partial charge in [0.25, 0.3) is 0 Å². The molecule has 0 unspecified atom stereocenters. The first-order valence-electron chi connectivity index (χ1n) is 7.07. The molecule has 2 rings (SSSR count). The Morgan fingerprint density at radius 3 is 2.64 bits per heavy atom. The maximum Gasteiger partial charge on any atom is 0.356 e. The van der Waals surface area contributed by atoms with Crippen LogP contribution in [0.2, 0.25) is 0 Å². The van der Waals surface area contributed by atoms with E-state index in [0.29, 0.717) is 5.69 Å². The number of Topliss-reactive ketones (excluding diaryl/α,β-unsaturated/α-hetero) is 1. The van der Waals surface area contributed by atoms with Crippen LogP contribution in [0.15, 0.2) is 0 Å². The highest BCUT2D eigenvalue weighted by Gasteiger charge is 2.32. The van der Waals surface area contributed by atoms with Crippen LogP contribution in [0, 0.1) is 6.92 Å². The molecule has 2 N–H and O–H groups in total. The number of rotatable bonds is 8. The number of aryl methyl sites for hydroxylation is 1. The Morgan fingerprint density at radius 1 is 1.41 bits per heavy atom. The van der Waals surface area contributed by atoms with Gasteiger partial charge in [-0.1, -0.05) is 0 Å². The Labute approximate surface area is 127 Å². The number of carbonyl (C=O) groups excluding carboxylic acids is 2. The molecular formula is C14H19N3O5. The second-order valence-corrected chi connectivity index (χ2v) is 5.30. The molecule has 1 saturated carbocycles. The second-order valence-electron chi connectivity index (χ2n) is 5.30. The van der Waals surface area contributed by atoms with Gasteiger partial charge in [-0.2, -0.15) is 5.10 Å². The first-order valence-corrected chi connectivity index (χ1v) is 7.07. The number of aromatic carboxylic acids is 1. The van der Waals surface area contributed by atoms with Crippen molar-refractivity contribution in [3.8, 4) is 0 Å². The molecule has 1 aliphatic rings.